The van der Waals surface area contributed by atoms with Crippen molar-refractivity contribution in [3.8, 4) is 5.69 Å². The smallest absolute Gasteiger partial charge is 0.410 e. The van der Waals surface area contributed by atoms with Crippen LogP contribution in [0.1, 0.15) is 74.0 Å². The topological polar surface area (TPSA) is 79.7 Å². The summed E-state index contributed by atoms with van der Waals surface area (Å²) >= 11 is 6.15. The summed E-state index contributed by atoms with van der Waals surface area (Å²) in [6.45, 7) is 10.3. The van der Waals surface area contributed by atoms with Crippen molar-refractivity contribution in [3.05, 3.63) is 82.6 Å². The number of carbonyl (C=O) groups excluding carboxylic acids is 2. The highest BCUT2D eigenvalue weighted by atomic mass is 35.5. The van der Waals surface area contributed by atoms with Crippen LogP contribution >= 0.6 is 11.6 Å². The number of carbonyl (C=O) groups is 2. The summed E-state index contributed by atoms with van der Waals surface area (Å²) in [4.78, 5) is 30.4. The van der Waals surface area contributed by atoms with E-state index in [4.69, 9.17) is 16.3 Å². The minimum atomic E-state index is -0.537. The first-order chi connectivity index (χ1) is 20.7. The van der Waals surface area contributed by atoms with E-state index in [9.17, 15) is 9.59 Å². The van der Waals surface area contributed by atoms with Crippen LogP contribution in [-0.4, -0.2) is 76.5 Å². The van der Waals surface area contributed by atoms with Gasteiger partial charge >= 0.3 is 6.09 Å². The number of aromatic nitrogens is 2. The molecule has 2 amide bonds. The summed E-state index contributed by atoms with van der Waals surface area (Å²) in [5, 5.41) is 8.46. The average molecular weight is 606 g/mol. The first kappa shape index (κ1) is 31.1. The Balaban J connectivity index is 1.20. The van der Waals surface area contributed by atoms with E-state index in [0.29, 0.717) is 30.2 Å². The number of ether oxygens (including phenoxy) is 1. The zero-order valence-corrected chi connectivity index (χ0v) is 26.4. The number of hydrogen-bond acceptors (Lipinski definition) is 5. The van der Waals surface area contributed by atoms with Gasteiger partial charge in [-0.15, -0.1) is 0 Å². The second-order valence-corrected chi connectivity index (χ2v) is 13.2. The summed E-state index contributed by atoms with van der Waals surface area (Å²) < 4.78 is 7.44. The Hall–Kier alpha value is -3.36. The van der Waals surface area contributed by atoms with Crippen molar-refractivity contribution in [2.24, 2.45) is 5.92 Å². The Bertz CT molecular complexity index is 1350. The number of likely N-dealkylation sites (tertiary alicyclic amines) is 2. The predicted octanol–water partition coefficient (Wildman–Crippen LogP) is 6.32. The Morgan fingerprint density at radius 2 is 1.63 bits per heavy atom. The normalized spacial score (nSPS) is 17.2. The van der Waals surface area contributed by atoms with E-state index >= 15 is 0 Å². The van der Waals surface area contributed by atoms with Crippen LogP contribution in [0.2, 0.25) is 5.02 Å². The number of hydrogen-bond donors (Lipinski definition) is 1. The molecule has 1 aromatic heterocycles. The molecule has 2 fully saturated rings. The number of nitrogens with one attached hydrogen (secondary N) is 1. The van der Waals surface area contributed by atoms with Gasteiger partial charge in [0.05, 0.1) is 23.1 Å². The minimum absolute atomic E-state index is 0.0706. The molecule has 43 heavy (non-hydrogen) atoms. The van der Waals surface area contributed by atoms with Crippen molar-refractivity contribution in [2.45, 2.75) is 64.4 Å². The maximum atomic E-state index is 13.5. The molecule has 0 aliphatic carbocycles. The van der Waals surface area contributed by atoms with Crippen molar-refractivity contribution in [3.63, 3.8) is 0 Å². The molecule has 2 aliphatic heterocycles. The molecule has 0 spiro atoms. The van der Waals surface area contributed by atoms with Crippen molar-refractivity contribution >= 4 is 23.6 Å². The Morgan fingerprint density at radius 1 is 0.953 bits per heavy atom. The van der Waals surface area contributed by atoms with Gasteiger partial charge in [-0.3, -0.25) is 4.79 Å². The Labute approximate surface area is 260 Å². The number of piperidine rings is 2. The lowest BCUT2D eigenvalue weighted by atomic mass is 9.90. The number of benzene rings is 2. The lowest BCUT2D eigenvalue weighted by Crippen LogP contribution is -2.42. The SMILES string of the molecule is CC(C)(C)OC(=O)N1CCC(c2c(C(=O)NCCN3CCC(Cc4ccccc4)CC3)cnn2-c2ccc(Cl)cc2)CC1. The van der Waals surface area contributed by atoms with Gasteiger partial charge in [0.1, 0.15) is 5.60 Å². The zero-order valence-electron chi connectivity index (χ0n) is 25.6. The number of nitrogens with zero attached hydrogens (tertiary/aromatic N) is 4. The van der Waals surface area contributed by atoms with E-state index in [-0.39, 0.29) is 17.9 Å². The van der Waals surface area contributed by atoms with Gasteiger partial charge in [0, 0.05) is 37.1 Å². The van der Waals surface area contributed by atoms with Gasteiger partial charge in [-0.1, -0.05) is 41.9 Å². The standard InChI is InChI=1S/C34H44ClN5O3/c1-34(2,3)43-33(42)39-20-15-27(16-21-39)31-30(24-37-40(31)29-11-9-28(35)10-12-29)32(41)36-17-22-38-18-13-26(14-19-38)23-25-7-5-4-6-8-25/h4-12,24,26-27H,13-23H2,1-3H3,(H,36,41). The van der Waals surface area contributed by atoms with Crippen LogP contribution in [0, 0.1) is 5.92 Å². The molecule has 0 radical (unpaired) electrons. The third kappa shape index (κ3) is 8.39. The highest BCUT2D eigenvalue weighted by Crippen LogP contribution is 2.33. The number of amides is 2. The number of rotatable bonds is 8. The van der Waals surface area contributed by atoms with Gasteiger partial charge in [0.25, 0.3) is 5.91 Å². The second kappa shape index (κ2) is 14.0. The van der Waals surface area contributed by atoms with E-state index in [1.807, 2.05) is 49.7 Å². The van der Waals surface area contributed by atoms with E-state index in [0.717, 1.165) is 56.2 Å². The minimum Gasteiger partial charge on any atom is -0.444 e. The molecule has 8 nitrogen and oxygen atoms in total. The Kier molecular flexibility index (Phi) is 10.1. The third-order valence-corrected chi connectivity index (χ3v) is 8.70. The predicted molar refractivity (Wildman–Crippen MR) is 170 cm³/mol. The molecule has 230 valence electrons. The van der Waals surface area contributed by atoms with Gasteiger partial charge in [0.2, 0.25) is 0 Å². The summed E-state index contributed by atoms with van der Waals surface area (Å²) in [6, 6.07) is 18.2. The van der Waals surface area contributed by atoms with Crippen molar-refractivity contribution in [1.82, 2.24) is 24.9 Å². The average Bonchev–Trinajstić information content (AvgIpc) is 3.43. The molecule has 0 saturated carbocycles. The van der Waals surface area contributed by atoms with E-state index < -0.39 is 5.60 Å². The molecule has 0 unspecified atom stereocenters. The van der Waals surface area contributed by atoms with Crippen LogP contribution in [0.25, 0.3) is 5.69 Å². The number of halogens is 1. The summed E-state index contributed by atoms with van der Waals surface area (Å²) in [5.41, 5.74) is 3.20. The van der Waals surface area contributed by atoms with Crippen LogP contribution in [0.5, 0.6) is 0 Å². The van der Waals surface area contributed by atoms with E-state index in [1.54, 1.807) is 11.1 Å². The largest absolute Gasteiger partial charge is 0.444 e. The lowest BCUT2D eigenvalue weighted by molar-refractivity contribution is 0.0203. The fourth-order valence-electron chi connectivity index (χ4n) is 6.16. The van der Waals surface area contributed by atoms with Gasteiger partial charge < -0.3 is 19.9 Å². The molecule has 2 aromatic carbocycles. The molecular formula is C34H44ClN5O3. The molecule has 5 rings (SSSR count). The fraction of sp³-hybridized carbons (Fsp3) is 0.500. The van der Waals surface area contributed by atoms with E-state index in [2.05, 4.69) is 45.6 Å². The first-order valence-corrected chi connectivity index (χ1v) is 15.9. The zero-order chi connectivity index (χ0) is 30.4. The Morgan fingerprint density at radius 3 is 2.28 bits per heavy atom. The molecule has 2 saturated heterocycles. The quantitative estimate of drug-likeness (QED) is 0.325. The summed E-state index contributed by atoms with van der Waals surface area (Å²) in [5.74, 6) is 0.682. The van der Waals surface area contributed by atoms with Gasteiger partial charge in [0.15, 0.2) is 0 Å². The molecule has 9 heteroatoms. The molecule has 0 bridgehead atoms. The van der Waals surface area contributed by atoms with Gasteiger partial charge in [-0.25, -0.2) is 9.48 Å². The van der Waals surface area contributed by atoms with Gasteiger partial charge in [-0.2, -0.15) is 5.10 Å². The molecular weight excluding hydrogens is 562 g/mol. The van der Waals surface area contributed by atoms with Crippen molar-refractivity contribution in [2.75, 3.05) is 39.3 Å². The van der Waals surface area contributed by atoms with Crippen molar-refractivity contribution < 1.29 is 14.3 Å². The second-order valence-electron chi connectivity index (χ2n) is 12.8. The summed E-state index contributed by atoms with van der Waals surface area (Å²) in [7, 11) is 0. The molecule has 3 aromatic rings. The van der Waals surface area contributed by atoms with E-state index in [1.165, 1.54) is 18.4 Å². The molecule has 0 atom stereocenters. The molecule has 1 N–H and O–H groups in total. The summed E-state index contributed by atoms with van der Waals surface area (Å²) in [6.07, 6.45) is 6.33. The first-order valence-electron chi connectivity index (χ1n) is 15.5. The lowest BCUT2D eigenvalue weighted by Gasteiger charge is -2.34. The molecule has 3 heterocycles. The highest BCUT2D eigenvalue weighted by molar-refractivity contribution is 6.30. The molecule has 2 aliphatic rings. The third-order valence-electron chi connectivity index (χ3n) is 8.44. The maximum absolute atomic E-state index is 13.5. The van der Waals surface area contributed by atoms with Crippen LogP contribution < -0.4 is 5.32 Å². The van der Waals surface area contributed by atoms with Crippen LogP contribution in [0.15, 0.2) is 60.8 Å². The highest BCUT2D eigenvalue weighted by Gasteiger charge is 2.32. The van der Waals surface area contributed by atoms with Crippen LogP contribution in [0.4, 0.5) is 4.79 Å². The van der Waals surface area contributed by atoms with Crippen LogP contribution in [-0.2, 0) is 11.2 Å². The van der Waals surface area contributed by atoms with Crippen LogP contribution in [0.3, 0.4) is 0 Å². The van der Waals surface area contributed by atoms with Gasteiger partial charge in [-0.05, 0) is 102 Å². The fourth-order valence-corrected chi connectivity index (χ4v) is 6.29. The maximum Gasteiger partial charge on any atom is 0.410 e. The van der Waals surface area contributed by atoms with Crippen molar-refractivity contribution in [1.29, 1.82) is 0 Å². The monoisotopic (exact) mass is 605 g/mol.